The Bertz CT molecular complexity index is 508. The third-order valence-electron chi connectivity index (χ3n) is 3.06. The number of carbonyl (C=O) groups is 3. The third kappa shape index (κ3) is 2.82. The van der Waals surface area contributed by atoms with Gasteiger partial charge in [0, 0.05) is 12.8 Å². The van der Waals surface area contributed by atoms with Crippen LogP contribution in [0.4, 0.5) is 0 Å². The summed E-state index contributed by atoms with van der Waals surface area (Å²) in [6.45, 7) is 2.02. The molecule has 1 aromatic heterocycles. The lowest BCUT2D eigenvalue weighted by Crippen LogP contribution is -2.42. The first-order chi connectivity index (χ1) is 9.02. The first-order valence-corrected chi connectivity index (χ1v) is 6.81. The summed E-state index contributed by atoms with van der Waals surface area (Å²) in [5, 5.41) is 1.74. The van der Waals surface area contributed by atoms with E-state index in [1.807, 2.05) is 6.92 Å². The maximum Gasteiger partial charge on any atom is 0.275 e. The van der Waals surface area contributed by atoms with E-state index in [0.29, 0.717) is 23.3 Å². The Hall–Kier alpha value is -1.73. The van der Waals surface area contributed by atoms with Gasteiger partial charge in [-0.05, 0) is 22.9 Å². The van der Waals surface area contributed by atoms with Crippen molar-refractivity contribution in [2.24, 2.45) is 11.8 Å². The van der Waals surface area contributed by atoms with Gasteiger partial charge >= 0.3 is 0 Å². The summed E-state index contributed by atoms with van der Waals surface area (Å²) >= 11 is 1.23. The van der Waals surface area contributed by atoms with E-state index in [4.69, 9.17) is 5.84 Å². The molecule has 7 heteroatoms. The van der Waals surface area contributed by atoms with Crippen LogP contribution in [-0.4, -0.2) is 22.6 Å². The second-order valence-corrected chi connectivity index (χ2v) is 5.55. The van der Waals surface area contributed by atoms with Gasteiger partial charge in [0.1, 0.15) is 0 Å². The van der Waals surface area contributed by atoms with Crippen molar-refractivity contribution in [3.8, 4) is 0 Å². The molecule has 3 amide bonds. The molecule has 2 rings (SSSR count). The van der Waals surface area contributed by atoms with Gasteiger partial charge in [0.25, 0.3) is 5.91 Å². The first-order valence-electron chi connectivity index (χ1n) is 5.93. The highest BCUT2D eigenvalue weighted by Crippen LogP contribution is 2.24. The molecule has 3 N–H and O–H groups in total. The lowest BCUT2D eigenvalue weighted by atomic mass is 9.97. The molecule has 2 heterocycles. The van der Waals surface area contributed by atoms with Crippen LogP contribution in [0.3, 0.4) is 0 Å². The van der Waals surface area contributed by atoms with Crippen LogP contribution >= 0.6 is 11.3 Å². The summed E-state index contributed by atoms with van der Waals surface area (Å²) in [5.41, 5.74) is 2.70. The normalized spacial score (nSPS) is 16.8. The van der Waals surface area contributed by atoms with Crippen LogP contribution in [0.2, 0.25) is 0 Å². The van der Waals surface area contributed by atoms with Crippen molar-refractivity contribution in [3.05, 3.63) is 21.9 Å². The van der Waals surface area contributed by atoms with Crippen molar-refractivity contribution in [2.75, 3.05) is 0 Å². The number of nitrogens with zero attached hydrogens (tertiary/aromatic N) is 1. The van der Waals surface area contributed by atoms with Crippen LogP contribution in [-0.2, 0) is 16.1 Å². The Kier molecular flexibility index (Phi) is 3.96. The van der Waals surface area contributed by atoms with E-state index in [0.717, 1.165) is 0 Å². The zero-order valence-electron chi connectivity index (χ0n) is 10.5. The topological polar surface area (TPSA) is 92.5 Å². The molecule has 0 saturated carbocycles. The number of amides is 3. The molecule has 6 nitrogen and oxygen atoms in total. The van der Waals surface area contributed by atoms with Crippen LogP contribution in [0.15, 0.2) is 11.4 Å². The highest BCUT2D eigenvalue weighted by Gasteiger charge is 2.31. The lowest BCUT2D eigenvalue weighted by molar-refractivity contribution is -0.150. The number of carbonyl (C=O) groups excluding carboxylic acids is 3. The zero-order valence-corrected chi connectivity index (χ0v) is 11.3. The second kappa shape index (κ2) is 5.50. The monoisotopic (exact) mass is 281 g/mol. The SMILES string of the molecule is CC1CC(=O)N(Cc2ccsc2C(=O)NN)C(=O)C1. The van der Waals surface area contributed by atoms with Gasteiger partial charge in [-0.2, -0.15) is 0 Å². The molecule has 0 aliphatic carbocycles. The van der Waals surface area contributed by atoms with Crippen molar-refractivity contribution < 1.29 is 14.4 Å². The number of rotatable bonds is 3. The maximum atomic E-state index is 11.9. The Labute approximate surface area is 114 Å². The van der Waals surface area contributed by atoms with Gasteiger partial charge in [-0.15, -0.1) is 11.3 Å². The van der Waals surface area contributed by atoms with Crippen LogP contribution in [0.5, 0.6) is 0 Å². The van der Waals surface area contributed by atoms with Crippen molar-refractivity contribution in [3.63, 3.8) is 0 Å². The predicted molar refractivity (Wildman–Crippen MR) is 69.9 cm³/mol. The number of hydrogen-bond acceptors (Lipinski definition) is 5. The molecule has 102 valence electrons. The fourth-order valence-corrected chi connectivity index (χ4v) is 2.92. The molecular formula is C12H15N3O3S. The van der Waals surface area contributed by atoms with Gasteiger partial charge in [-0.1, -0.05) is 6.92 Å². The van der Waals surface area contributed by atoms with Gasteiger partial charge in [0.15, 0.2) is 0 Å². The largest absolute Gasteiger partial charge is 0.289 e. The average Bonchev–Trinajstić information content (AvgIpc) is 2.80. The molecule has 1 aromatic rings. The number of hydrazine groups is 1. The first kappa shape index (κ1) is 13.7. The van der Waals surface area contributed by atoms with Gasteiger partial charge in [-0.25, -0.2) is 5.84 Å². The quantitative estimate of drug-likeness (QED) is 0.368. The summed E-state index contributed by atoms with van der Waals surface area (Å²) in [6, 6.07) is 1.73. The number of piperidine rings is 1. The van der Waals surface area contributed by atoms with Gasteiger partial charge in [0.05, 0.1) is 11.4 Å². The van der Waals surface area contributed by atoms with Crippen LogP contribution in [0.1, 0.15) is 35.0 Å². The molecule has 0 aromatic carbocycles. The van der Waals surface area contributed by atoms with Crippen LogP contribution in [0, 0.1) is 5.92 Å². The number of nitrogen functional groups attached to an aromatic ring is 1. The molecule has 0 unspecified atom stereocenters. The number of nitrogens with one attached hydrogen (secondary N) is 1. The highest BCUT2D eigenvalue weighted by molar-refractivity contribution is 7.12. The number of likely N-dealkylation sites (tertiary alicyclic amines) is 1. The van der Waals surface area contributed by atoms with E-state index in [-0.39, 0.29) is 24.3 Å². The summed E-state index contributed by atoms with van der Waals surface area (Å²) in [4.78, 5) is 36.9. The summed E-state index contributed by atoms with van der Waals surface area (Å²) in [6.07, 6.45) is 0.739. The summed E-state index contributed by atoms with van der Waals surface area (Å²) in [7, 11) is 0. The number of nitrogens with two attached hydrogens (primary N) is 1. The minimum atomic E-state index is -0.407. The van der Waals surface area contributed by atoms with E-state index in [9.17, 15) is 14.4 Å². The molecule has 1 fully saturated rings. The third-order valence-corrected chi connectivity index (χ3v) is 4.02. The molecule has 19 heavy (non-hydrogen) atoms. The van der Waals surface area contributed by atoms with Crippen molar-refractivity contribution >= 4 is 29.1 Å². The minimum Gasteiger partial charge on any atom is -0.289 e. The Morgan fingerprint density at radius 3 is 2.68 bits per heavy atom. The van der Waals surface area contributed by atoms with E-state index in [2.05, 4.69) is 5.43 Å². The van der Waals surface area contributed by atoms with E-state index < -0.39 is 5.91 Å². The second-order valence-electron chi connectivity index (χ2n) is 4.64. The minimum absolute atomic E-state index is 0.0885. The van der Waals surface area contributed by atoms with Crippen molar-refractivity contribution in [1.29, 1.82) is 0 Å². The number of thiophene rings is 1. The average molecular weight is 281 g/mol. The Morgan fingerprint density at radius 1 is 1.47 bits per heavy atom. The van der Waals surface area contributed by atoms with Crippen molar-refractivity contribution in [1.82, 2.24) is 10.3 Å². The number of hydrogen-bond donors (Lipinski definition) is 2. The summed E-state index contributed by atoms with van der Waals surface area (Å²) in [5.74, 6) is 4.41. The molecule has 1 aliphatic rings. The molecule has 1 saturated heterocycles. The van der Waals surface area contributed by atoms with Crippen LogP contribution < -0.4 is 11.3 Å². The highest BCUT2D eigenvalue weighted by atomic mass is 32.1. The molecule has 1 aliphatic heterocycles. The number of imide groups is 1. The summed E-state index contributed by atoms with van der Waals surface area (Å²) < 4.78 is 0. The van der Waals surface area contributed by atoms with Gasteiger partial charge in [0.2, 0.25) is 11.8 Å². The Balaban J connectivity index is 2.17. The predicted octanol–water partition coefficient (Wildman–Crippen LogP) is 0.637. The van der Waals surface area contributed by atoms with Gasteiger partial charge < -0.3 is 0 Å². The smallest absolute Gasteiger partial charge is 0.275 e. The van der Waals surface area contributed by atoms with E-state index >= 15 is 0 Å². The Morgan fingerprint density at radius 2 is 2.11 bits per heavy atom. The van der Waals surface area contributed by atoms with Crippen molar-refractivity contribution in [2.45, 2.75) is 26.3 Å². The fourth-order valence-electron chi connectivity index (χ4n) is 2.10. The van der Waals surface area contributed by atoms with E-state index in [1.54, 1.807) is 11.4 Å². The van der Waals surface area contributed by atoms with Gasteiger partial charge in [-0.3, -0.25) is 24.7 Å². The molecule has 0 bridgehead atoms. The van der Waals surface area contributed by atoms with Crippen LogP contribution in [0.25, 0.3) is 0 Å². The maximum absolute atomic E-state index is 11.9. The standard InChI is InChI=1S/C12H15N3O3S/c1-7-4-9(16)15(10(17)5-7)6-8-2-3-19-11(8)12(18)14-13/h2-3,7H,4-6,13H2,1H3,(H,14,18). The zero-order chi connectivity index (χ0) is 14.0. The van der Waals surface area contributed by atoms with E-state index in [1.165, 1.54) is 16.2 Å². The molecule has 0 atom stereocenters. The lowest BCUT2D eigenvalue weighted by Gasteiger charge is -2.28. The molecule has 0 radical (unpaired) electrons. The molecular weight excluding hydrogens is 266 g/mol. The molecule has 0 spiro atoms. The fraction of sp³-hybridized carbons (Fsp3) is 0.417.